The van der Waals surface area contributed by atoms with Crippen molar-refractivity contribution < 1.29 is 24.9 Å². The highest BCUT2D eigenvalue weighted by Gasteiger charge is 2.95. The van der Waals surface area contributed by atoms with Gasteiger partial charge in [-0.3, -0.25) is 14.9 Å². The Balaban J connectivity index is 1.44. The monoisotopic (exact) mass is 445 g/mol. The van der Waals surface area contributed by atoms with E-state index in [1.165, 1.54) is 0 Å². The number of hydrogen-bond donors (Lipinski definition) is 4. The number of carbonyl (C=O) groups excluding carboxylic acids is 1. The van der Waals surface area contributed by atoms with E-state index >= 15 is 0 Å². The van der Waals surface area contributed by atoms with Crippen LogP contribution in [0.15, 0.2) is 0 Å². The number of nitrogens with one attached hydrogen (secondary N) is 1. The molecule has 2 saturated heterocycles. The third-order valence-corrected chi connectivity index (χ3v) is 12.6. The Morgan fingerprint density at radius 3 is 2.69 bits per heavy atom. The van der Waals surface area contributed by atoms with Gasteiger partial charge in [-0.25, -0.2) is 0 Å². The van der Waals surface area contributed by atoms with Gasteiger partial charge in [0.1, 0.15) is 5.72 Å². The van der Waals surface area contributed by atoms with Crippen molar-refractivity contribution in [2.75, 3.05) is 0 Å². The first-order valence-electron chi connectivity index (χ1n) is 12.9. The average molecular weight is 446 g/mol. The molecule has 6 rings (SSSR count). The number of carboxylic acids is 1. The Bertz CT molecular complexity index is 907. The number of Topliss-reactive ketones (excluding diaryl/α,β-unsaturated/α-hetero) is 1. The van der Waals surface area contributed by atoms with Gasteiger partial charge >= 0.3 is 5.97 Å². The molecule has 4 saturated carbocycles. The maximum absolute atomic E-state index is 14.1. The molecule has 4 N–H and O–H groups in total. The van der Waals surface area contributed by atoms with Crippen LogP contribution in [0.1, 0.15) is 91.4 Å². The fraction of sp³-hybridized carbons (Fsp3) is 0.923. The molecule has 0 amide bonds. The Hall–Kier alpha value is -0.980. The van der Waals surface area contributed by atoms with Crippen LogP contribution >= 0.6 is 0 Å². The molecule has 0 aromatic heterocycles. The molecule has 10 atom stereocenters. The van der Waals surface area contributed by atoms with E-state index in [9.17, 15) is 24.9 Å². The average Bonchev–Trinajstić information content (AvgIpc) is 2.98. The van der Waals surface area contributed by atoms with Crippen LogP contribution < -0.4 is 5.32 Å². The number of rotatable bonds is 5. The lowest BCUT2D eigenvalue weighted by atomic mass is 9.43. The van der Waals surface area contributed by atoms with E-state index in [2.05, 4.69) is 26.1 Å². The van der Waals surface area contributed by atoms with Crippen LogP contribution in [0.5, 0.6) is 0 Å². The molecule has 6 nitrogen and oxygen atoms in total. The predicted molar refractivity (Wildman–Crippen MR) is 117 cm³/mol. The summed E-state index contributed by atoms with van der Waals surface area (Å²) in [5.41, 5.74) is -2.40. The number of aliphatic hydroxyl groups excluding tert-OH is 1. The number of fused-ring (bicyclic) bond motifs is 3. The highest BCUT2D eigenvalue weighted by molar-refractivity contribution is 5.95. The molecule has 0 aromatic carbocycles. The Kier molecular flexibility index (Phi) is 4.03. The maximum Gasteiger partial charge on any atom is 0.303 e. The van der Waals surface area contributed by atoms with Gasteiger partial charge in [0.2, 0.25) is 0 Å². The predicted octanol–water partition coefficient (Wildman–Crippen LogP) is 3.24. The van der Waals surface area contributed by atoms with Crippen LogP contribution in [0.25, 0.3) is 0 Å². The molecule has 6 aliphatic rings. The summed E-state index contributed by atoms with van der Waals surface area (Å²) in [6.45, 7) is 6.59. The van der Waals surface area contributed by atoms with E-state index in [4.69, 9.17) is 0 Å². The van der Waals surface area contributed by atoms with Crippen LogP contribution in [0.4, 0.5) is 0 Å². The first-order chi connectivity index (χ1) is 15.0. The minimum atomic E-state index is -1.08. The molecule has 3 spiro atoms. The maximum atomic E-state index is 14.1. The zero-order valence-corrected chi connectivity index (χ0v) is 19.7. The zero-order chi connectivity index (χ0) is 22.9. The van der Waals surface area contributed by atoms with E-state index in [1.807, 2.05) is 0 Å². The SMILES string of the molecule is CCC12C(CCC1(C)C(C)CCC(=O)O)C13NC2(O)CC12CC21CCC(O)CC1CC3=O. The van der Waals surface area contributed by atoms with Crippen molar-refractivity contribution in [3.8, 4) is 0 Å². The van der Waals surface area contributed by atoms with Crippen LogP contribution in [0, 0.1) is 39.4 Å². The molecule has 2 heterocycles. The smallest absolute Gasteiger partial charge is 0.303 e. The second-order valence-electron chi connectivity index (χ2n) is 12.8. The van der Waals surface area contributed by atoms with E-state index in [0.29, 0.717) is 19.3 Å². The molecule has 2 aliphatic heterocycles. The van der Waals surface area contributed by atoms with Gasteiger partial charge in [-0.2, -0.15) is 0 Å². The summed E-state index contributed by atoms with van der Waals surface area (Å²) in [6, 6.07) is 0. The lowest BCUT2D eigenvalue weighted by Gasteiger charge is -2.59. The topological polar surface area (TPSA) is 107 Å². The van der Waals surface area contributed by atoms with E-state index < -0.39 is 22.6 Å². The van der Waals surface area contributed by atoms with Crippen LogP contribution in [0.3, 0.4) is 0 Å². The van der Waals surface area contributed by atoms with Gasteiger partial charge in [0, 0.05) is 23.7 Å². The highest BCUT2D eigenvalue weighted by atomic mass is 16.4. The Labute approximate surface area is 190 Å². The molecule has 32 heavy (non-hydrogen) atoms. The number of hydrogen-bond acceptors (Lipinski definition) is 5. The summed E-state index contributed by atoms with van der Waals surface area (Å²) in [7, 11) is 0. The van der Waals surface area contributed by atoms with Crippen molar-refractivity contribution in [3.63, 3.8) is 0 Å². The van der Waals surface area contributed by atoms with Crippen molar-refractivity contribution in [2.45, 2.75) is 109 Å². The van der Waals surface area contributed by atoms with Gasteiger partial charge < -0.3 is 15.3 Å². The van der Waals surface area contributed by atoms with Crippen LogP contribution in [0.2, 0.25) is 0 Å². The summed E-state index contributed by atoms with van der Waals surface area (Å²) < 4.78 is 0. The van der Waals surface area contributed by atoms with Gasteiger partial charge in [0.25, 0.3) is 0 Å². The first kappa shape index (κ1) is 21.5. The first-order valence-corrected chi connectivity index (χ1v) is 12.9. The third-order valence-electron chi connectivity index (χ3n) is 12.6. The second kappa shape index (κ2) is 5.98. The van der Waals surface area contributed by atoms with Gasteiger partial charge in [-0.1, -0.05) is 20.8 Å². The number of ketones is 1. The normalized spacial score (nSPS) is 58.0. The van der Waals surface area contributed by atoms with E-state index in [0.717, 1.165) is 44.9 Å². The summed E-state index contributed by atoms with van der Waals surface area (Å²) >= 11 is 0. The van der Waals surface area contributed by atoms with Crippen LogP contribution in [-0.4, -0.2) is 44.4 Å². The molecule has 6 heteroatoms. The molecular weight excluding hydrogens is 406 g/mol. The molecule has 0 radical (unpaired) electrons. The van der Waals surface area contributed by atoms with Crippen molar-refractivity contribution in [1.82, 2.24) is 5.32 Å². The lowest BCUT2D eigenvalue weighted by Crippen LogP contribution is -2.64. The van der Waals surface area contributed by atoms with Gasteiger partial charge in [0.05, 0.1) is 11.6 Å². The molecule has 6 fully saturated rings. The quantitative estimate of drug-likeness (QED) is 0.518. The molecule has 2 bridgehead atoms. The highest BCUT2D eigenvalue weighted by Crippen LogP contribution is 2.91. The molecule has 4 aliphatic carbocycles. The fourth-order valence-corrected chi connectivity index (χ4v) is 11.3. The van der Waals surface area contributed by atoms with E-state index in [-0.39, 0.29) is 52.3 Å². The standard InChI is InChI=1S/C26H39NO5/c1-4-24-18(8-9-21(24,3)15(2)5-6-20(30)31)26-19(29)12-16-11-17(28)7-10-22(16)13-23(22,26)14-25(24,32)27-26/h15-18,27-28,32H,4-14H2,1-3H3,(H,30,31). The van der Waals surface area contributed by atoms with Crippen molar-refractivity contribution in [1.29, 1.82) is 0 Å². The van der Waals surface area contributed by atoms with Gasteiger partial charge in [-0.05, 0) is 86.4 Å². The summed E-state index contributed by atoms with van der Waals surface area (Å²) in [5, 5.41) is 35.8. The van der Waals surface area contributed by atoms with Gasteiger partial charge in [0.15, 0.2) is 5.78 Å². The summed E-state index contributed by atoms with van der Waals surface area (Å²) in [5.74, 6) is 0.0350. The molecule has 0 aromatic rings. The Morgan fingerprint density at radius 1 is 1.25 bits per heavy atom. The largest absolute Gasteiger partial charge is 0.481 e. The minimum Gasteiger partial charge on any atom is -0.481 e. The number of carboxylic acid groups (broad SMARTS) is 1. The number of carbonyl (C=O) groups is 2. The fourth-order valence-electron chi connectivity index (χ4n) is 11.3. The third kappa shape index (κ3) is 1.92. The zero-order valence-electron chi connectivity index (χ0n) is 19.7. The molecule has 178 valence electrons. The summed E-state index contributed by atoms with van der Waals surface area (Å²) in [6.07, 6.45) is 7.83. The second-order valence-corrected chi connectivity index (χ2v) is 12.8. The number of aliphatic hydroxyl groups is 2. The van der Waals surface area contributed by atoms with Crippen molar-refractivity contribution in [2.24, 2.45) is 39.4 Å². The van der Waals surface area contributed by atoms with Gasteiger partial charge in [-0.15, -0.1) is 0 Å². The van der Waals surface area contributed by atoms with Crippen molar-refractivity contribution >= 4 is 11.8 Å². The Morgan fingerprint density at radius 2 is 2.00 bits per heavy atom. The van der Waals surface area contributed by atoms with Crippen molar-refractivity contribution in [3.05, 3.63) is 0 Å². The van der Waals surface area contributed by atoms with Crippen LogP contribution in [-0.2, 0) is 9.59 Å². The lowest BCUT2D eigenvalue weighted by molar-refractivity contribution is -0.184. The molecular formula is C26H39NO5. The summed E-state index contributed by atoms with van der Waals surface area (Å²) in [4.78, 5) is 25.4. The molecule has 10 unspecified atom stereocenters. The van der Waals surface area contributed by atoms with E-state index in [1.54, 1.807) is 0 Å². The number of aliphatic carboxylic acids is 1. The minimum absolute atomic E-state index is 0.103.